The number of hydrogen-bond donors (Lipinski definition) is 1. The van der Waals surface area contributed by atoms with Crippen molar-refractivity contribution in [2.75, 3.05) is 24.2 Å². The van der Waals surface area contributed by atoms with Crippen LogP contribution in [0.25, 0.3) is 0 Å². The third-order valence-corrected chi connectivity index (χ3v) is 7.29. The van der Waals surface area contributed by atoms with Gasteiger partial charge in [0.05, 0.1) is 19.1 Å². The zero-order valence-corrected chi connectivity index (χ0v) is 23.9. The number of ether oxygens (including phenoxy) is 1. The molecule has 0 saturated heterocycles. The summed E-state index contributed by atoms with van der Waals surface area (Å²) in [5.74, 6) is 0.307. The van der Waals surface area contributed by atoms with Gasteiger partial charge >= 0.3 is 0 Å². The molecule has 0 aliphatic carbocycles. The summed E-state index contributed by atoms with van der Waals surface area (Å²) in [6.45, 7) is 9.86. The van der Waals surface area contributed by atoms with Gasteiger partial charge in [-0.3, -0.25) is 13.9 Å². The Bertz CT molecular complexity index is 1160. The van der Waals surface area contributed by atoms with Gasteiger partial charge in [-0.05, 0) is 75.4 Å². The number of amides is 2. The average molecular weight is 532 g/mol. The molecular formula is C28H41N3O5S. The van der Waals surface area contributed by atoms with E-state index in [1.165, 1.54) is 10.6 Å². The van der Waals surface area contributed by atoms with Crippen LogP contribution >= 0.6 is 0 Å². The van der Waals surface area contributed by atoms with E-state index in [-0.39, 0.29) is 37.4 Å². The smallest absolute Gasteiger partial charge is 0.243 e. The van der Waals surface area contributed by atoms with Gasteiger partial charge in [-0.15, -0.1) is 0 Å². The molecule has 0 bridgehead atoms. The lowest BCUT2D eigenvalue weighted by atomic mass is 10.1. The highest BCUT2D eigenvalue weighted by Crippen LogP contribution is 2.25. The van der Waals surface area contributed by atoms with Crippen molar-refractivity contribution in [1.29, 1.82) is 0 Å². The lowest BCUT2D eigenvalue weighted by Gasteiger charge is -2.31. The molecule has 0 aliphatic heterocycles. The Morgan fingerprint density at radius 2 is 1.70 bits per heavy atom. The number of hydrogen-bond acceptors (Lipinski definition) is 5. The minimum Gasteiger partial charge on any atom is -0.497 e. The first-order chi connectivity index (χ1) is 17.4. The van der Waals surface area contributed by atoms with Gasteiger partial charge in [0.25, 0.3) is 0 Å². The standard InChI is InChI=1S/C28H41N3O5S/c1-8-25(28(33)29-20(2)3)30(19-23-13-15-24(36-6)16-14-23)27(32)10-9-17-31(37(7,34)35)26-18-21(4)11-12-22(26)5/h11-16,18,20,25H,8-10,17,19H2,1-7H3,(H,29,33). The van der Waals surface area contributed by atoms with Crippen molar-refractivity contribution < 1.29 is 22.7 Å². The number of methoxy groups -OCH3 is 1. The van der Waals surface area contributed by atoms with Crippen molar-refractivity contribution >= 4 is 27.5 Å². The Kier molecular flexibility index (Phi) is 11.0. The van der Waals surface area contributed by atoms with E-state index in [1.807, 2.05) is 77.1 Å². The molecular weight excluding hydrogens is 490 g/mol. The van der Waals surface area contributed by atoms with Crippen LogP contribution in [0.15, 0.2) is 42.5 Å². The minimum absolute atomic E-state index is 0.0552. The highest BCUT2D eigenvalue weighted by molar-refractivity contribution is 7.92. The second kappa shape index (κ2) is 13.5. The molecule has 0 aromatic heterocycles. The molecule has 0 saturated carbocycles. The highest BCUT2D eigenvalue weighted by atomic mass is 32.2. The Labute approximate surface area is 222 Å². The summed E-state index contributed by atoms with van der Waals surface area (Å²) < 4.78 is 31.8. The fraction of sp³-hybridized carbons (Fsp3) is 0.500. The van der Waals surface area contributed by atoms with E-state index >= 15 is 0 Å². The number of anilines is 1. The quantitative estimate of drug-likeness (QED) is 0.418. The molecule has 0 heterocycles. The Morgan fingerprint density at radius 1 is 1.05 bits per heavy atom. The van der Waals surface area contributed by atoms with Gasteiger partial charge in [0.15, 0.2) is 0 Å². The van der Waals surface area contributed by atoms with Crippen molar-refractivity contribution in [3.8, 4) is 5.75 Å². The molecule has 8 nitrogen and oxygen atoms in total. The number of nitrogens with zero attached hydrogens (tertiary/aromatic N) is 2. The third kappa shape index (κ3) is 8.77. The van der Waals surface area contributed by atoms with Crippen LogP contribution in [0.2, 0.25) is 0 Å². The largest absolute Gasteiger partial charge is 0.497 e. The molecule has 2 aromatic carbocycles. The first kappa shape index (κ1) is 30.2. The molecule has 0 spiro atoms. The number of rotatable bonds is 13. The van der Waals surface area contributed by atoms with Crippen LogP contribution in [0.4, 0.5) is 5.69 Å². The van der Waals surface area contributed by atoms with Crippen LogP contribution in [0.5, 0.6) is 5.75 Å². The fourth-order valence-corrected chi connectivity index (χ4v) is 5.21. The van der Waals surface area contributed by atoms with Crippen LogP contribution < -0.4 is 14.4 Å². The van der Waals surface area contributed by atoms with Crippen LogP contribution in [0.3, 0.4) is 0 Å². The maximum absolute atomic E-state index is 13.5. The Hall–Kier alpha value is -3.07. The molecule has 1 N–H and O–H groups in total. The summed E-state index contributed by atoms with van der Waals surface area (Å²) >= 11 is 0. The first-order valence-electron chi connectivity index (χ1n) is 12.6. The molecule has 37 heavy (non-hydrogen) atoms. The molecule has 204 valence electrons. The highest BCUT2D eigenvalue weighted by Gasteiger charge is 2.29. The number of nitrogens with one attached hydrogen (secondary N) is 1. The van der Waals surface area contributed by atoms with Gasteiger partial charge in [0, 0.05) is 25.6 Å². The third-order valence-electron chi connectivity index (χ3n) is 6.11. The molecule has 2 aromatic rings. The van der Waals surface area contributed by atoms with E-state index in [4.69, 9.17) is 4.74 Å². The number of benzene rings is 2. The molecule has 1 atom stereocenters. The van der Waals surface area contributed by atoms with Crippen molar-refractivity contribution in [3.05, 3.63) is 59.2 Å². The summed E-state index contributed by atoms with van der Waals surface area (Å²) in [5, 5.41) is 2.92. The Balaban J connectivity index is 2.25. The van der Waals surface area contributed by atoms with Crippen LogP contribution in [0, 0.1) is 13.8 Å². The van der Waals surface area contributed by atoms with Crippen molar-refractivity contribution in [1.82, 2.24) is 10.2 Å². The second-order valence-corrected chi connectivity index (χ2v) is 11.6. The topological polar surface area (TPSA) is 96.0 Å². The van der Waals surface area contributed by atoms with Gasteiger partial charge in [-0.25, -0.2) is 8.42 Å². The summed E-state index contributed by atoms with van der Waals surface area (Å²) in [5.41, 5.74) is 3.30. The van der Waals surface area contributed by atoms with Gasteiger partial charge in [0.2, 0.25) is 21.8 Å². The monoisotopic (exact) mass is 531 g/mol. The number of sulfonamides is 1. The van der Waals surface area contributed by atoms with Crippen LogP contribution in [-0.4, -0.2) is 57.1 Å². The lowest BCUT2D eigenvalue weighted by Crippen LogP contribution is -2.50. The number of carbonyl (C=O) groups excluding carboxylic acids is 2. The molecule has 0 radical (unpaired) electrons. The molecule has 0 fully saturated rings. The summed E-state index contributed by atoms with van der Waals surface area (Å²) in [6.07, 6.45) is 2.06. The Morgan fingerprint density at radius 3 is 2.24 bits per heavy atom. The summed E-state index contributed by atoms with van der Waals surface area (Å²) in [7, 11) is -1.96. The average Bonchev–Trinajstić information content (AvgIpc) is 2.82. The van der Waals surface area contributed by atoms with Gasteiger partial charge in [0.1, 0.15) is 11.8 Å². The van der Waals surface area contributed by atoms with E-state index < -0.39 is 16.1 Å². The van der Waals surface area contributed by atoms with Gasteiger partial charge in [-0.2, -0.15) is 0 Å². The van der Waals surface area contributed by atoms with E-state index in [9.17, 15) is 18.0 Å². The molecule has 2 rings (SSSR count). The van der Waals surface area contributed by atoms with Crippen molar-refractivity contribution in [2.24, 2.45) is 0 Å². The summed E-state index contributed by atoms with van der Waals surface area (Å²) in [4.78, 5) is 28.1. The number of carbonyl (C=O) groups is 2. The lowest BCUT2D eigenvalue weighted by molar-refractivity contribution is -0.141. The zero-order valence-electron chi connectivity index (χ0n) is 23.1. The minimum atomic E-state index is -3.55. The fourth-order valence-electron chi connectivity index (χ4n) is 4.20. The van der Waals surface area contributed by atoms with E-state index in [0.29, 0.717) is 24.3 Å². The van der Waals surface area contributed by atoms with Crippen molar-refractivity contribution in [2.45, 2.75) is 72.5 Å². The summed E-state index contributed by atoms with van der Waals surface area (Å²) in [6, 6.07) is 12.4. The molecule has 9 heteroatoms. The molecule has 0 aliphatic rings. The maximum atomic E-state index is 13.5. The van der Waals surface area contributed by atoms with Gasteiger partial charge < -0.3 is 15.0 Å². The SMILES string of the molecule is CCC(C(=O)NC(C)C)N(Cc1ccc(OC)cc1)C(=O)CCCN(c1cc(C)ccc1C)S(C)(=O)=O. The predicted octanol–water partition coefficient (Wildman–Crippen LogP) is 4.19. The van der Waals surface area contributed by atoms with Crippen LogP contribution in [-0.2, 0) is 26.2 Å². The number of aryl methyl sites for hydroxylation is 2. The normalized spacial score (nSPS) is 12.2. The zero-order chi connectivity index (χ0) is 27.8. The first-order valence-corrected chi connectivity index (χ1v) is 14.5. The van der Waals surface area contributed by atoms with E-state index in [2.05, 4.69) is 5.32 Å². The second-order valence-electron chi connectivity index (χ2n) is 9.69. The van der Waals surface area contributed by atoms with Crippen LogP contribution in [0.1, 0.15) is 56.7 Å². The predicted molar refractivity (Wildman–Crippen MR) is 148 cm³/mol. The van der Waals surface area contributed by atoms with Crippen molar-refractivity contribution in [3.63, 3.8) is 0 Å². The van der Waals surface area contributed by atoms with Gasteiger partial charge in [-0.1, -0.05) is 31.2 Å². The van der Waals surface area contributed by atoms with E-state index in [0.717, 1.165) is 16.7 Å². The maximum Gasteiger partial charge on any atom is 0.243 e. The molecule has 2 amide bonds. The molecule has 1 unspecified atom stereocenters. The van der Waals surface area contributed by atoms with E-state index in [1.54, 1.807) is 12.0 Å².